The average molecular weight is 295 g/mol. The van der Waals surface area contributed by atoms with Crippen molar-refractivity contribution in [2.24, 2.45) is 0 Å². The van der Waals surface area contributed by atoms with Gasteiger partial charge in [0.05, 0.1) is 14.2 Å². The van der Waals surface area contributed by atoms with Gasteiger partial charge in [0.1, 0.15) is 0 Å². The zero-order chi connectivity index (χ0) is 15.4. The molecule has 0 saturated heterocycles. The summed E-state index contributed by atoms with van der Waals surface area (Å²) < 4.78 is 11.2. The first-order valence-electron chi connectivity index (χ1n) is 7.76. The Morgan fingerprint density at radius 2 is 1.91 bits per heavy atom. The quantitative estimate of drug-likeness (QED) is 0.836. The molecule has 0 spiro atoms. The fourth-order valence-electron chi connectivity index (χ4n) is 4.12. The lowest BCUT2D eigenvalue weighted by Gasteiger charge is -2.30. The van der Waals surface area contributed by atoms with E-state index < -0.39 is 0 Å². The molecule has 0 saturated carbocycles. The van der Waals surface area contributed by atoms with E-state index in [0.717, 1.165) is 17.9 Å². The predicted octanol–water partition coefficient (Wildman–Crippen LogP) is 3.97. The van der Waals surface area contributed by atoms with Gasteiger partial charge in [0.25, 0.3) is 0 Å². The number of benzene rings is 2. The number of nitrogens with zero attached hydrogens (tertiary/aromatic N) is 1. The molecule has 3 nitrogen and oxygen atoms in total. The average Bonchev–Trinajstić information content (AvgIpc) is 2.80. The highest BCUT2D eigenvalue weighted by atomic mass is 16.5. The molecular formula is C19H21NO2. The second-order valence-electron chi connectivity index (χ2n) is 6.21. The van der Waals surface area contributed by atoms with Crippen LogP contribution < -0.4 is 9.47 Å². The van der Waals surface area contributed by atoms with Crippen LogP contribution >= 0.6 is 0 Å². The molecule has 2 unspecified atom stereocenters. The van der Waals surface area contributed by atoms with Crippen LogP contribution in [0.2, 0.25) is 0 Å². The van der Waals surface area contributed by atoms with Crippen molar-refractivity contribution in [1.82, 2.24) is 4.90 Å². The number of rotatable bonds is 2. The lowest BCUT2D eigenvalue weighted by Crippen LogP contribution is -2.23. The van der Waals surface area contributed by atoms with Crippen LogP contribution in [0.25, 0.3) is 11.1 Å². The first kappa shape index (κ1) is 13.6. The van der Waals surface area contributed by atoms with Gasteiger partial charge in [-0.25, -0.2) is 0 Å². The Hall–Kier alpha value is -2.00. The SMILES string of the molecule is COc1ccc2c(c1OC)-c1cccc3c1C(C2)N(C)C3C. The van der Waals surface area contributed by atoms with Gasteiger partial charge in [-0.2, -0.15) is 0 Å². The highest BCUT2D eigenvalue weighted by molar-refractivity contribution is 5.83. The third kappa shape index (κ3) is 1.60. The molecule has 2 atom stereocenters. The molecular weight excluding hydrogens is 274 g/mol. The van der Waals surface area contributed by atoms with Gasteiger partial charge in [-0.3, -0.25) is 4.90 Å². The van der Waals surface area contributed by atoms with Crippen molar-refractivity contribution in [2.75, 3.05) is 21.3 Å². The molecule has 1 aliphatic heterocycles. The Morgan fingerprint density at radius 1 is 1.09 bits per heavy atom. The van der Waals surface area contributed by atoms with Gasteiger partial charge in [0.2, 0.25) is 0 Å². The molecule has 2 aromatic rings. The maximum atomic E-state index is 5.70. The first-order chi connectivity index (χ1) is 10.7. The smallest absolute Gasteiger partial charge is 0.168 e. The van der Waals surface area contributed by atoms with Crippen molar-refractivity contribution >= 4 is 0 Å². The molecule has 3 heteroatoms. The highest BCUT2D eigenvalue weighted by Gasteiger charge is 2.39. The largest absolute Gasteiger partial charge is 0.493 e. The van der Waals surface area contributed by atoms with Crippen LogP contribution in [0, 0.1) is 0 Å². The zero-order valence-corrected chi connectivity index (χ0v) is 13.5. The maximum Gasteiger partial charge on any atom is 0.168 e. The second kappa shape index (κ2) is 4.75. The van der Waals surface area contributed by atoms with Crippen LogP contribution in [0.3, 0.4) is 0 Å². The fourth-order valence-corrected chi connectivity index (χ4v) is 4.12. The summed E-state index contributed by atoms with van der Waals surface area (Å²) in [7, 11) is 5.65. The second-order valence-corrected chi connectivity index (χ2v) is 6.21. The van der Waals surface area contributed by atoms with Gasteiger partial charge in [-0.15, -0.1) is 0 Å². The van der Waals surface area contributed by atoms with E-state index in [2.05, 4.69) is 43.1 Å². The molecule has 0 radical (unpaired) electrons. The molecule has 0 aromatic heterocycles. The number of likely N-dealkylation sites (N-methyl/N-ethyl adjacent to an activating group) is 1. The molecule has 2 aromatic carbocycles. The van der Waals surface area contributed by atoms with Crippen molar-refractivity contribution in [1.29, 1.82) is 0 Å². The molecule has 0 bridgehead atoms. The standard InChI is InChI=1S/C19H21NO2/c1-11-13-6-5-7-14-17-12(10-15(18(13)14)20(11)2)8-9-16(21-3)19(17)22-4/h5-9,11,15H,10H2,1-4H3. The molecule has 2 aliphatic rings. The Morgan fingerprint density at radius 3 is 2.64 bits per heavy atom. The molecule has 0 N–H and O–H groups in total. The minimum atomic E-state index is 0.460. The summed E-state index contributed by atoms with van der Waals surface area (Å²) in [6.07, 6.45) is 1.03. The van der Waals surface area contributed by atoms with E-state index in [1.165, 1.54) is 27.8 Å². The summed E-state index contributed by atoms with van der Waals surface area (Å²) >= 11 is 0. The van der Waals surface area contributed by atoms with E-state index in [-0.39, 0.29) is 0 Å². The Bertz CT molecular complexity index is 753. The van der Waals surface area contributed by atoms with Gasteiger partial charge in [0, 0.05) is 17.6 Å². The molecule has 22 heavy (non-hydrogen) atoms. The Balaban J connectivity index is 2.03. The van der Waals surface area contributed by atoms with E-state index in [1.54, 1.807) is 14.2 Å². The predicted molar refractivity (Wildman–Crippen MR) is 87.6 cm³/mol. The van der Waals surface area contributed by atoms with Gasteiger partial charge in [-0.1, -0.05) is 24.3 Å². The number of fused-ring (bicyclic) bond motifs is 2. The molecule has 1 aliphatic carbocycles. The van der Waals surface area contributed by atoms with Crippen LogP contribution in [0.15, 0.2) is 30.3 Å². The third-order valence-corrected chi connectivity index (χ3v) is 5.34. The van der Waals surface area contributed by atoms with E-state index in [4.69, 9.17) is 9.47 Å². The highest BCUT2D eigenvalue weighted by Crippen LogP contribution is 2.54. The van der Waals surface area contributed by atoms with E-state index in [9.17, 15) is 0 Å². The Kier molecular flexibility index (Phi) is 2.95. The first-order valence-corrected chi connectivity index (χ1v) is 7.76. The van der Waals surface area contributed by atoms with E-state index in [1.807, 2.05) is 6.07 Å². The third-order valence-electron chi connectivity index (χ3n) is 5.34. The van der Waals surface area contributed by atoms with Gasteiger partial charge in [-0.05, 0) is 48.7 Å². The van der Waals surface area contributed by atoms with Gasteiger partial charge >= 0.3 is 0 Å². The fraction of sp³-hybridized carbons (Fsp3) is 0.368. The van der Waals surface area contributed by atoms with Crippen molar-refractivity contribution in [3.05, 3.63) is 47.0 Å². The number of ether oxygens (including phenoxy) is 2. The van der Waals surface area contributed by atoms with Gasteiger partial charge in [0.15, 0.2) is 11.5 Å². The van der Waals surface area contributed by atoms with Crippen molar-refractivity contribution < 1.29 is 9.47 Å². The number of methoxy groups -OCH3 is 2. The van der Waals surface area contributed by atoms with Gasteiger partial charge < -0.3 is 9.47 Å². The van der Waals surface area contributed by atoms with Crippen LogP contribution in [0.5, 0.6) is 11.5 Å². The normalized spacial score (nSPS) is 22.2. The minimum absolute atomic E-state index is 0.460. The summed E-state index contributed by atoms with van der Waals surface area (Å²) in [5.41, 5.74) is 6.76. The molecule has 0 fully saturated rings. The Labute approximate surface area is 131 Å². The van der Waals surface area contributed by atoms with Crippen LogP contribution in [0.4, 0.5) is 0 Å². The minimum Gasteiger partial charge on any atom is -0.493 e. The molecule has 0 amide bonds. The molecule has 1 heterocycles. The van der Waals surface area contributed by atoms with Crippen LogP contribution in [-0.2, 0) is 6.42 Å². The van der Waals surface area contributed by atoms with Crippen LogP contribution in [-0.4, -0.2) is 26.2 Å². The topological polar surface area (TPSA) is 21.7 Å². The number of hydrogen-bond acceptors (Lipinski definition) is 3. The molecule has 4 rings (SSSR count). The summed E-state index contributed by atoms with van der Waals surface area (Å²) in [5.74, 6) is 1.66. The summed E-state index contributed by atoms with van der Waals surface area (Å²) in [5, 5.41) is 0. The molecule has 114 valence electrons. The maximum absolute atomic E-state index is 5.70. The zero-order valence-electron chi connectivity index (χ0n) is 13.5. The summed E-state index contributed by atoms with van der Waals surface area (Å²) in [4.78, 5) is 2.48. The summed E-state index contributed by atoms with van der Waals surface area (Å²) in [6, 6.07) is 11.8. The summed E-state index contributed by atoms with van der Waals surface area (Å²) in [6.45, 7) is 2.29. The van der Waals surface area contributed by atoms with Crippen molar-refractivity contribution in [2.45, 2.75) is 25.4 Å². The van der Waals surface area contributed by atoms with E-state index >= 15 is 0 Å². The van der Waals surface area contributed by atoms with Crippen molar-refractivity contribution in [3.63, 3.8) is 0 Å². The number of hydrogen-bond donors (Lipinski definition) is 0. The monoisotopic (exact) mass is 295 g/mol. The lowest BCUT2D eigenvalue weighted by molar-refractivity contribution is 0.216. The van der Waals surface area contributed by atoms with Crippen molar-refractivity contribution in [3.8, 4) is 22.6 Å². The van der Waals surface area contributed by atoms with Crippen LogP contribution in [0.1, 0.15) is 35.7 Å². The van der Waals surface area contributed by atoms with E-state index in [0.29, 0.717) is 12.1 Å². The lowest BCUT2D eigenvalue weighted by atomic mass is 9.81.